The van der Waals surface area contributed by atoms with Gasteiger partial charge in [0.1, 0.15) is 17.3 Å². The van der Waals surface area contributed by atoms with Crippen LogP contribution in [0, 0.1) is 17.5 Å². The number of aliphatic hydroxyl groups is 1. The molecule has 0 atom stereocenters. The first-order valence-electron chi connectivity index (χ1n) is 8.13. The molecule has 3 aromatic rings. The Labute approximate surface area is 153 Å². The fourth-order valence-corrected chi connectivity index (χ4v) is 2.30. The van der Waals surface area contributed by atoms with Crippen LogP contribution in [0.1, 0.15) is 6.42 Å². The molecule has 0 unspecified atom stereocenters. The van der Waals surface area contributed by atoms with Crippen LogP contribution in [0.15, 0.2) is 42.7 Å². The number of nitrogens with zero attached hydrogens (tertiary/aromatic N) is 3. The summed E-state index contributed by atoms with van der Waals surface area (Å²) in [5.41, 5.74) is 0.463. The molecule has 3 N–H and O–H groups in total. The highest BCUT2D eigenvalue weighted by atomic mass is 19.2. The average molecular weight is 375 g/mol. The number of halogens is 3. The van der Waals surface area contributed by atoms with E-state index in [9.17, 15) is 13.2 Å². The SMILES string of the molecule is OCCCNc1nc(Nc2c(F)ccc(F)c2F)cc(-c2cccnc2)n1. The highest BCUT2D eigenvalue weighted by Gasteiger charge is 2.16. The first kappa shape index (κ1) is 18.6. The number of rotatable bonds is 7. The monoisotopic (exact) mass is 375 g/mol. The molecule has 0 radical (unpaired) electrons. The summed E-state index contributed by atoms with van der Waals surface area (Å²) < 4.78 is 41.3. The van der Waals surface area contributed by atoms with Crippen LogP contribution in [0.25, 0.3) is 11.3 Å². The lowest BCUT2D eigenvalue weighted by atomic mass is 10.2. The first-order chi connectivity index (χ1) is 13.1. The number of pyridine rings is 1. The Hall–Kier alpha value is -3.20. The van der Waals surface area contributed by atoms with Crippen LogP contribution >= 0.6 is 0 Å². The number of hydrogen-bond donors (Lipinski definition) is 3. The molecule has 140 valence electrons. The molecule has 3 rings (SSSR count). The Morgan fingerprint density at radius 1 is 1.04 bits per heavy atom. The molecular weight excluding hydrogens is 359 g/mol. The predicted molar refractivity (Wildman–Crippen MR) is 95.1 cm³/mol. The second-order valence-corrected chi connectivity index (χ2v) is 5.55. The van der Waals surface area contributed by atoms with E-state index in [1.54, 1.807) is 24.5 Å². The standard InChI is InChI=1S/C18H16F3N5O/c19-12-4-5-13(20)17(16(12)21)25-15-9-14(11-3-1-6-22-10-11)24-18(26-15)23-7-2-8-27/h1,3-6,9-10,27H,2,7-8H2,(H2,23,24,25,26). The zero-order valence-corrected chi connectivity index (χ0v) is 14.1. The summed E-state index contributed by atoms with van der Waals surface area (Å²) in [6.07, 6.45) is 3.64. The maximum atomic E-state index is 13.9. The summed E-state index contributed by atoms with van der Waals surface area (Å²) in [6.45, 7) is 0.384. The summed E-state index contributed by atoms with van der Waals surface area (Å²) in [7, 11) is 0. The van der Waals surface area contributed by atoms with E-state index in [1.807, 2.05) is 0 Å². The smallest absolute Gasteiger partial charge is 0.225 e. The number of benzene rings is 1. The minimum atomic E-state index is -1.34. The Balaban J connectivity index is 1.99. The highest BCUT2D eigenvalue weighted by Crippen LogP contribution is 2.27. The van der Waals surface area contributed by atoms with Crippen molar-refractivity contribution in [2.24, 2.45) is 0 Å². The fourth-order valence-electron chi connectivity index (χ4n) is 2.30. The lowest BCUT2D eigenvalue weighted by Crippen LogP contribution is -2.09. The minimum absolute atomic E-state index is 0.0138. The molecule has 0 saturated carbocycles. The molecule has 0 fully saturated rings. The number of nitrogens with one attached hydrogen (secondary N) is 2. The summed E-state index contributed by atoms with van der Waals surface area (Å²) >= 11 is 0. The predicted octanol–water partition coefficient (Wildman–Crippen LogP) is 3.49. The molecule has 2 heterocycles. The van der Waals surface area contributed by atoms with Gasteiger partial charge in [-0.2, -0.15) is 4.98 Å². The Bertz CT molecular complexity index is 924. The van der Waals surface area contributed by atoms with Crippen LogP contribution in [-0.2, 0) is 0 Å². The molecule has 9 heteroatoms. The van der Waals surface area contributed by atoms with Crippen LogP contribution < -0.4 is 10.6 Å². The third-order valence-corrected chi connectivity index (χ3v) is 3.60. The fraction of sp³-hybridized carbons (Fsp3) is 0.167. The second kappa shape index (κ2) is 8.45. The Morgan fingerprint density at radius 3 is 2.59 bits per heavy atom. The van der Waals surface area contributed by atoms with E-state index in [1.165, 1.54) is 6.07 Å². The van der Waals surface area contributed by atoms with Crippen LogP contribution in [0.5, 0.6) is 0 Å². The lowest BCUT2D eigenvalue weighted by molar-refractivity contribution is 0.292. The molecule has 0 aliphatic heterocycles. The van der Waals surface area contributed by atoms with Gasteiger partial charge < -0.3 is 15.7 Å². The molecule has 0 saturated heterocycles. The van der Waals surface area contributed by atoms with E-state index >= 15 is 0 Å². The van der Waals surface area contributed by atoms with Gasteiger partial charge in [0.2, 0.25) is 5.95 Å². The molecule has 2 aromatic heterocycles. The molecule has 1 aromatic carbocycles. The first-order valence-corrected chi connectivity index (χ1v) is 8.13. The van der Waals surface area contributed by atoms with Gasteiger partial charge in [0.25, 0.3) is 0 Å². The second-order valence-electron chi connectivity index (χ2n) is 5.55. The molecule has 27 heavy (non-hydrogen) atoms. The van der Waals surface area contributed by atoms with E-state index in [0.29, 0.717) is 30.3 Å². The van der Waals surface area contributed by atoms with Gasteiger partial charge in [-0.1, -0.05) is 0 Å². The van der Waals surface area contributed by atoms with Gasteiger partial charge in [0.05, 0.1) is 5.69 Å². The van der Waals surface area contributed by atoms with Crippen molar-refractivity contribution in [2.45, 2.75) is 6.42 Å². The van der Waals surface area contributed by atoms with Crippen molar-refractivity contribution in [3.63, 3.8) is 0 Å². The summed E-state index contributed by atoms with van der Waals surface area (Å²) in [6, 6.07) is 6.48. The van der Waals surface area contributed by atoms with Gasteiger partial charge in [0, 0.05) is 37.2 Å². The summed E-state index contributed by atoms with van der Waals surface area (Å²) in [4.78, 5) is 12.5. The molecule has 0 aliphatic carbocycles. The quantitative estimate of drug-likeness (QED) is 0.433. The van der Waals surface area contributed by atoms with Gasteiger partial charge in [-0.15, -0.1) is 0 Å². The third-order valence-electron chi connectivity index (χ3n) is 3.60. The van der Waals surface area contributed by atoms with Crippen molar-refractivity contribution >= 4 is 17.5 Å². The Morgan fingerprint density at radius 2 is 1.85 bits per heavy atom. The number of hydrogen-bond acceptors (Lipinski definition) is 6. The van der Waals surface area contributed by atoms with Gasteiger partial charge in [-0.05, 0) is 30.7 Å². The van der Waals surface area contributed by atoms with Gasteiger partial charge in [-0.25, -0.2) is 18.2 Å². The van der Waals surface area contributed by atoms with E-state index in [4.69, 9.17) is 5.11 Å². The topological polar surface area (TPSA) is 83.0 Å². The van der Waals surface area contributed by atoms with E-state index in [0.717, 1.165) is 6.07 Å². The van der Waals surface area contributed by atoms with Gasteiger partial charge >= 0.3 is 0 Å². The molecule has 6 nitrogen and oxygen atoms in total. The normalized spacial score (nSPS) is 10.7. The zero-order valence-electron chi connectivity index (χ0n) is 14.1. The van der Waals surface area contributed by atoms with Crippen molar-refractivity contribution in [1.82, 2.24) is 15.0 Å². The molecule has 0 aliphatic rings. The van der Waals surface area contributed by atoms with E-state index in [-0.39, 0.29) is 18.4 Å². The van der Waals surface area contributed by atoms with Crippen molar-refractivity contribution in [3.05, 3.63) is 60.2 Å². The molecule has 0 spiro atoms. The van der Waals surface area contributed by atoms with Crippen LogP contribution in [0.2, 0.25) is 0 Å². The maximum absolute atomic E-state index is 13.9. The van der Waals surface area contributed by atoms with Crippen LogP contribution in [0.3, 0.4) is 0 Å². The van der Waals surface area contributed by atoms with Crippen molar-refractivity contribution < 1.29 is 18.3 Å². The largest absolute Gasteiger partial charge is 0.396 e. The van der Waals surface area contributed by atoms with Crippen molar-refractivity contribution in [2.75, 3.05) is 23.8 Å². The van der Waals surface area contributed by atoms with Gasteiger partial charge in [-0.3, -0.25) is 4.98 Å². The zero-order chi connectivity index (χ0) is 19.2. The van der Waals surface area contributed by atoms with Crippen molar-refractivity contribution in [1.29, 1.82) is 0 Å². The Kier molecular flexibility index (Phi) is 5.82. The number of anilines is 3. The van der Waals surface area contributed by atoms with Gasteiger partial charge in [0.15, 0.2) is 11.6 Å². The summed E-state index contributed by atoms with van der Waals surface area (Å²) in [5.74, 6) is -3.22. The van der Waals surface area contributed by atoms with E-state index < -0.39 is 23.1 Å². The third kappa shape index (κ3) is 4.50. The number of aromatic nitrogens is 3. The number of aliphatic hydroxyl groups excluding tert-OH is 1. The lowest BCUT2D eigenvalue weighted by Gasteiger charge is -2.12. The molecule has 0 amide bonds. The van der Waals surface area contributed by atoms with E-state index in [2.05, 4.69) is 25.6 Å². The molecular formula is C18H16F3N5O. The average Bonchev–Trinajstić information content (AvgIpc) is 2.69. The summed E-state index contributed by atoms with van der Waals surface area (Å²) in [5, 5.41) is 14.3. The molecule has 0 bridgehead atoms. The van der Waals surface area contributed by atoms with Crippen LogP contribution in [-0.4, -0.2) is 33.2 Å². The minimum Gasteiger partial charge on any atom is -0.396 e. The maximum Gasteiger partial charge on any atom is 0.225 e. The van der Waals surface area contributed by atoms with Crippen LogP contribution in [0.4, 0.5) is 30.6 Å². The van der Waals surface area contributed by atoms with Crippen molar-refractivity contribution in [3.8, 4) is 11.3 Å². The highest BCUT2D eigenvalue weighted by molar-refractivity contribution is 5.67.